The number of halogens is 2. The second kappa shape index (κ2) is 3.15. The molecule has 0 atom stereocenters. The lowest BCUT2D eigenvalue weighted by molar-refractivity contribution is 0.599. The summed E-state index contributed by atoms with van der Waals surface area (Å²) in [5.74, 6) is 3.32. The molecule has 0 saturated carbocycles. The van der Waals surface area contributed by atoms with Gasteiger partial charge in [0.15, 0.2) is 0 Å². The first-order valence-electron chi connectivity index (χ1n) is 3.04. The van der Waals surface area contributed by atoms with Gasteiger partial charge in [-0.15, -0.1) is 0 Å². The van der Waals surface area contributed by atoms with E-state index in [0.717, 1.165) is 12.1 Å². The van der Waals surface area contributed by atoms with Crippen molar-refractivity contribution in [1.29, 1.82) is 5.26 Å². The summed E-state index contributed by atoms with van der Waals surface area (Å²) in [7, 11) is 0. The summed E-state index contributed by atoms with van der Waals surface area (Å²) in [5.41, 5.74) is 1.45. The number of anilines is 1. The van der Waals surface area contributed by atoms with Gasteiger partial charge in [-0.25, -0.2) is 8.78 Å². The molecule has 3 N–H and O–H groups in total. The Kier molecular flexibility index (Phi) is 2.21. The summed E-state index contributed by atoms with van der Waals surface area (Å²) >= 11 is 0. The second-order valence-electron chi connectivity index (χ2n) is 2.07. The summed E-state index contributed by atoms with van der Waals surface area (Å²) < 4.78 is 25.5. The Balaban J connectivity index is 3.28. The van der Waals surface area contributed by atoms with Crippen molar-refractivity contribution >= 4 is 5.69 Å². The molecule has 5 heteroatoms. The smallest absolute Gasteiger partial charge is 0.149 e. The van der Waals surface area contributed by atoms with Crippen molar-refractivity contribution in [3.05, 3.63) is 29.3 Å². The first-order valence-corrected chi connectivity index (χ1v) is 3.04. The average Bonchev–Trinajstić information content (AvgIpc) is 2.08. The number of nitrogen functional groups attached to an aromatic ring is 1. The van der Waals surface area contributed by atoms with Crippen LogP contribution in [0.4, 0.5) is 14.5 Å². The highest BCUT2D eigenvalue weighted by atomic mass is 19.1. The van der Waals surface area contributed by atoms with Gasteiger partial charge in [0, 0.05) is 6.07 Å². The normalized spacial score (nSPS) is 9.17. The van der Waals surface area contributed by atoms with E-state index in [1.807, 2.05) is 5.43 Å². The Morgan fingerprint density at radius 1 is 1.33 bits per heavy atom. The monoisotopic (exact) mass is 169 g/mol. The van der Waals surface area contributed by atoms with Crippen molar-refractivity contribution in [1.82, 2.24) is 0 Å². The Morgan fingerprint density at radius 3 is 2.50 bits per heavy atom. The van der Waals surface area contributed by atoms with Crippen LogP contribution in [0.5, 0.6) is 0 Å². The molecule has 0 aliphatic carbocycles. The third-order valence-corrected chi connectivity index (χ3v) is 1.33. The molecule has 3 nitrogen and oxygen atoms in total. The lowest BCUT2D eigenvalue weighted by atomic mass is 10.2. The van der Waals surface area contributed by atoms with Crippen LogP contribution in [-0.4, -0.2) is 0 Å². The maximum absolute atomic E-state index is 12.8. The van der Waals surface area contributed by atoms with E-state index >= 15 is 0 Å². The zero-order valence-electron chi connectivity index (χ0n) is 5.94. The van der Waals surface area contributed by atoms with E-state index in [2.05, 4.69) is 0 Å². The van der Waals surface area contributed by atoms with E-state index in [-0.39, 0.29) is 11.3 Å². The number of hydrazine groups is 1. The van der Waals surface area contributed by atoms with Crippen LogP contribution in [0.2, 0.25) is 0 Å². The highest BCUT2D eigenvalue weighted by molar-refractivity contribution is 5.48. The van der Waals surface area contributed by atoms with Gasteiger partial charge in [-0.3, -0.25) is 5.84 Å². The molecule has 0 radical (unpaired) electrons. The molecular weight excluding hydrogens is 164 g/mol. The molecule has 0 unspecified atom stereocenters. The lowest BCUT2D eigenvalue weighted by Crippen LogP contribution is -2.09. The Labute approximate surface area is 67.4 Å². The summed E-state index contributed by atoms with van der Waals surface area (Å²) in [6.07, 6.45) is 0. The van der Waals surface area contributed by atoms with E-state index in [9.17, 15) is 8.78 Å². The molecule has 0 aliphatic heterocycles. The van der Waals surface area contributed by atoms with Gasteiger partial charge >= 0.3 is 0 Å². The molecule has 0 saturated heterocycles. The van der Waals surface area contributed by atoms with Crippen LogP contribution in [0, 0.1) is 23.0 Å². The molecular formula is C7H5F2N3. The van der Waals surface area contributed by atoms with E-state index in [1.54, 1.807) is 0 Å². The molecule has 1 rings (SSSR count). The van der Waals surface area contributed by atoms with Crippen molar-refractivity contribution in [2.45, 2.75) is 0 Å². The molecule has 0 fully saturated rings. The first-order chi connectivity index (χ1) is 5.69. The van der Waals surface area contributed by atoms with E-state index < -0.39 is 11.6 Å². The molecule has 0 amide bonds. The van der Waals surface area contributed by atoms with Crippen molar-refractivity contribution < 1.29 is 8.78 Å². The lowest BCUT2D eigenvalue weighted by Gasteiger charge is -2.01. The number of nitrogens with two attached hydrogens (primary N) is 1. The van der Waals surface area contributed by atoms with Crippen LogP contribution in [0.3, 0.4) is 0 Å². The zero-order valence-corrected chi connectivity index (χ0v) is 5.94. The van der Waals surface area contributed by atoms with Gasteiger partial charge < -0.3 is 5.43 Å². The largest absolute Gasteiger partial charge is 0.321 e. The van der Waals surface area contributed by atoms with E-state index in [1.165, 1.54) is 6.07 Å². The summed E-state index contributed by atoms with van der Waals surface area (Å²) in [6, 6.07) is 3.11. The number of hydrogen-bond acceptors (Lipinski definition) is 3. The fourth-order valence-electron chi connectivity index (χ4n) is 0.743. The van der Waals surface area contributed by atoms with Crippen LogP contribution in [0.25, 0.3) is 0 Å². The van der Waals surface area contributed by atoms with Gasteiger partial charge in [-0.05, 0) is 6.07 Å². The van der Waals surface area contributed by atoms with Crippen LogP contribution in [0.15, 0.2) is 12.1 Å². The first kappa shape index (κ1) is 8.43. The number of nitrogens with zero attached hydrogens (tertiary/aromatic N) is 1. The summed E-state index contributed by atoms with van der Waals surface area (Å²) in [6.45, 7) is 0. The SMILES string of the molecule is N#Cc1cc(F)c(NN)cc1F. The predicted molar refractivity (Wildman–Crippen MR) is 38.9 cm³/mol. The van der Waals surface area contributed by atoms with Crippen molar-refractivity contribution in [3.63, 3.8) is 0 Å². The summed E-state index contributed by atoms with van der Waals surface area (Å²) in [5, 5.41) is 8.30. The van der Waals surface area contributed by atoms with Gasteiger partial charge in [0.2, 0.25) is 0 Å². The van der Waals surface area contributed by atoms with Gasteiger partial charge in [-0.2, -0.15) is 5.26 Å². The molecule has 0 spiro atoms. The van der Waals surface area contributed by atoms with Gasteiger partial charge in [0.25, 0.3) is 0 Å². The fraction of sp³-hybridized carbons (Fsp3) is 0. The second-order valence-corrected chi connectivity index (χ2v) is 2.07. The standard InChI is InChI=1S/C7H5F2N3/c8-5-2-7(12-11)6(9)1-4(5)3-10/h1-2,12H,11H2. The third-order valence-electron chi connectivity index (χ3n) is 1.33. The maximum Gasteiger partial charge on any atom is 0.149 e. The Hall–Kier alpha value is -1.67. The molecule has 0 aliphatic rings. The minimum Gasteiger partial charge on any atom is -0.321 e. The van der Waals surface area contributed by atoms with Crippen LogP contribution in [0.1, 0.15) is 5.56 Å². The molecule has 0 aromatic heterocycles. The Morgan fingerprint density at radius 2 is 2.00 bits per heavy atom. The number of benzene rings is 1. The number of nitrogens with one attached hydrogen (secondary N) is 1. The van der Waals surface area contributed by atoms with Gasteiger partial charge in [0.05, 0.1) is 11.3 Å². The topological polar surface area (TPSA) is 61.8 Å². The third kappa shape index (κ3) is 1.33. The minimum atomic E-state index is -0.799. The van der Waals surface area contributed by atoms with Gasteiger partial charge in [0.1, 0.15) is 17.7 Å². The molecule has 1 aromatic rings. The zero-order chi connectivity index (χ0) is 9.14. The number of rotatable bonds is 1. The van der Waals surface area contributed by atoms with Crippen molar-refractivity contribution in [2.75, 3.05) is 5.43 Å². The molecule has 62 valence electrons. The highest BCUT2D eigenvalue weighted by Gasteiger charge is 2.07. The van der Waals surface area contributed by atoms with E-state index in [4.69, 9.17) is 11.1 Å². The Bertz CT molecular complexity index is 342. The van der Waals surface area contributed by atoms with E-state index in [0.29, 0.717) is 0 Å². The van der Waals surface area contributed by atoms with Crippen molar-refractivity contribution in [3.8, 4) is 6.07 Å². The molecule has 12 heavy (non-hydrogen) atoms. The maximum atomic E-state index is 12.8. The molecule has 1 aromatic carbocycles. The quantitative estimate of drug-likeness (QED) is 0.489. The van der Waals surface area contributed by atoms with Crippen molar-refractivity contribution in [2.24, 2.45) is 5.84 Å². The van der Waals surface area contributed by atoms with Gasteiger partial charge in [-0.1, -0.05) is 0 Å². The average molecular weight is 169 g/mol. The van der Waals surface area contributed by atoms with Crippen LogP contribution in [-0.2, 0) is 0 Å². The molecule has 0 bridgehead atoms. The highest BCUT2D eigenvalue weighted by Crippen LogP contribution is 2.17. The fourth-order valence-corrected chi connectivity index (χ4v) is 0.743. The number of hydrogen-bond donors (Lipinski definition) is 2. The minimum absolute atomic E-state index is 0.175. The number of nitriles is 1. The predicted octanol–water partition coefficient (Wildman–Crippen LogP) is 1.12. The summed E-state index contributed by atoms with van der Waals surface area (Å²) in [4.78, 5) is 0. The van der Waals surface area contributed by atoms with Crippen LogP contribution < -0.4 is 11.3 Å². The van der Waals surface area contributed by atoms with Crippen LogP contribution >= 0.6 is 0 Å². The molecule has 0 heterocycles.